The van der Waals surface area contributed by atoms with Gasteiger partial charge in [-0.05, 0) is 29.8 Å². The fourth-order valence-electron chi connectivity index (χ4n) is 3.02. The van der Waals surface area contributed by atoms with Crippen LogP contribution in [-0.4, -0.2) is 62.3 Å². The van der Waals surface area contributed by atoms with E-state index in [9.17, 15) is 22.4 Å². The molecular weight excluding hydrogens is 399 g/mol. The van der Waals surface area contributed by atoms with Gasteiger partial charge in [-0.1, -0.05) is 30.3 Å². The van der Waals surface area contributed by atoms with Crippen molar-refractivity contribution in [1.82, 2.24) is 9.21 Å². The second-order valence-corrected chi connectivity index (χ2v) is 8.50. The van der Waals surface area contributed by atoms with Gasteiger partial charge in [-0.2, -0.15) is 4.31 Å². The van der Waals surface area contributed by atoms with Crippen LogP contribution in [0.4, 0.5) is 4.39 Å². The van der Waals surface area contributed by atoms with Crippen molar-refractivity contribution < 1.29 is 27.1 Å². The summed E-state index contributed by atoms with van der Waals surface area (Å²) in [6.07, 6.45) is -0.131. The fourth-order valence-corrected chi connectivity index (χ4v) is 4.46. The molecule has 29 heavy (non-hydrogen) atoms. The topological polar surface area (TPSA) is 84.0 Å². The second-order valence-electron chi connectivity index (χ2n) is 6.57. The lowest BCUT2D eigenvalue weighted by molar-refractivity contribution is -0.152. The van der Waals surface area contributed by atoms with Gasteiger partial charge in [-0.25, -0.2) is 12.8 Å². The van der Waals surface area contributed by atoms with Crippen LogP contribution in [0, 0.1) is 5.82 Å². The summed E-state index contributed by atoms with van der Waals surface area (Å²) in [7, 11) is -3.60. The molecule has 1 heterocycles. The number of benzene rings is 2. The molecule has 9 heteroatoms. The summed E-state index contributed by atoms with van der Waals surface area (Å²) in [6, 6.07) is 13.7. The number of halogens is 1. The molecule has 0 spiro atoms. The predicted molar refractivity (Wildman–Crippen MR) is 103 cm³/mol. The van der Waals surface area contributed by atoms with Crippen LogP contribution in [0.3, 0.4) is 0 Å². The van der Waals surface area contributed by atoms with E-state index in [1.165, 1.54) is 39.5 Å². The van der Waals surface area contributed by atoms with Crippen molar-refractivity contribution in [3.05, 3.63) is 66.0 Å². The third-order valence-electron chi connectivity index (χ3n) is 4.57. The Morgan fingerprint density at radius 3 is 2.31 bits per heavy atom. The predicted octanol–water partition coefficient (Wildman–Crippen LogP) is 1.44. The Morgan fingerprint density at radius 2 is 1.66 bits per heavy atom. The van der Waals surface area contributed by atoms with Gasteiger partial charge in [0, 0.05) is 26.2 Å². The van der Waals surface area contributed by atoms with Gasteiger partial charge in [-0.3, -0.25) is 9.59 Å². The SMILES string of the molecule is O=C(Cc1cccc(F)c1)OCC(=O)N1CCN(S(=O)(=O)c2ccccc2)CC1. The van der Waals surface area contributed by atoms with Crippen molar-refractivity contribution in [3.63, 3.8) is 0 Å². The average Bonchev–Trinajstić information content (AvgIpc) is 2.73. The number of sulfonamides is 1. The van der Waals surface area contributed by atoms with Crippen LogP contribution < -0.4 is 0 Å². The monoisotopic (exact) mass is 420 g/mol. The average molecular weight is 420 g/mol. The maximum atomic E-state index is 13.1. The van der Waals surface area contributed by atoms with E-state index >= 15 is 0 Å². The molecule has 1 aliphatic heterocycles. The molecule has 1 saturated heterocycles. The molecule has 2 aromatic rings. The molecular formula is C20H21FN2O5S. The molecule has 1 amide bonds. The Hall–Kier alpha value is -2.78. The normalized spacial score (nSPS) is 15.1. The lowest BCUT2D eigenvalue weighted by atomic mass is 10.1. The molecule has 0 N–H and O–H groups in total. The first kappa shape index (κ1) is 20.9. The molecule has 0 aromatic heterocycles. The van der Waals surface area contributed by atoms with E-state index in [0.29, 0.717) is 5.56 Å². The highest BCUT2D eigenvalue weighted by Crippen LogP contribution is 2.17. The van der Waals surface area contributed by atoms with Crippen LogP contribution >= 0.6 is 0 Å². The molecule has 154 valence electrons. The maximum absolute atomic E-state index is 13.1. The van der Waals surface area contributed by atoms with Gasteiger partial charge in [0.2, 0.25) is 10.0 Å². The Bertz CT molecular complexity index is 973. The minimum atomic E-state index is -3.60. The highest BCUT2D eigenvalue weighted by atomic mass is 32.2. The molecule has 0 radical (unpaired) electrons. The number of rotatable bonds is 6. The molecule has 0 aliphatic carbocycles. The smallest absolute Gasteiger partial charge is 0.310 e. The summed E-state index contributed by atoms with van der Waals surface area (Å²) >= 11 is 0. The van der Waals surface area contributed by atoms with Crippen LogP contribution in [0.2, 0.25) is 0 Å². The van der Waals surface area contributed by atoms with E-state index in [0.717, 1.165) is 0 Å². The molecule has 2 aromatic carbocycles. The van der Waals surface area contributed by atoms with Crippen molar-refractivity contribution >= 4 is 21.9 Å². The molecule has 1 fully saturated rings. The van der Waals surface area contributed by atoms with Gasteiger partial charge in [0.05, 0.1) is 11.3 Å². The van der Waals surface area contributed by atoms with E-state index in [2.05, 4.69) is 0 Å². The zero-order valence-corrected chi connectivity index (χ0v) is 16.5. The minimum absolute atomic E-state index is 0.131. The Labute approximate surface area is 168 Å². The standard InChI is InChI=1S/C20H21FN2O5S/c21-17-6-4-5-16(13-17)14-20(25)28-15-19(24)22-9-11-23(12-10-22)29(26,27)18-7-2-1-3-8-18/h1-8,13H,9-12,14-15H2. The van der Waals surface area contributed by atoms with E-state index in [1.807, 2.05) is 0 Å². The summed E-state index contributed by atoms with van der Waals surface area (Å²) in [5, 5.41) is 0. The van der Waals surface area contributed by atoms with Gasteiger partial charge in [-0.15, -0.1) is 0 Å². The first-order chi connectivity index (χ1) is 13.9. The molecule has 0 bridgehead atoms. The quantitative estimate of drug-likeness (QED) is 0.661. The Kier molecular flexibility index (Phi) is 6.60. The third-order valence-corrected chi connectivity index (χ3v) is 6.48. The number of esters is 1. The largest absolute Gasteiger partial charge is 0.455 e. The number of hydrogen-bond donors (Lipinski definition) is 0. The first-order valence-corrected chi connectivity index (χ1v) is 10.5. The first-order valence-electron chi connectivity index (χ1n) is 9.09. The van der Waals surface area contributed by atoms with E-state index in [4.69, 9.17) is 4.74 Å². The van der Waals surface area contributed by atoms with Crippen molar-refractivity contribution in [1.29, 1.82) is 0 Å². The molecule has 7 nitrogen and oxygen atoms in total. The lowest BCUT2D eigenvalue weighted by Crippen LogP contribution is -2.51. The van der Waals surface area contributed by atoms with Crippen molar-refractivity contribution in [3.8, 4) is 0 Å². The zero-order chi connectivity index (χ0) is 20.9. The Morgan fingerprint density at radius 1 is 0.966 bits per heavy atom. The summed E-state index contributed by atoms with van der Waals surface area (Å²) in [5.74, 6) is -1.47. The summed E-state index contributed by atoms with van der Waals surface area (Å²) in [6.45, 7) is 0.332. The summed E-state index contributed by atoms with van der Waals surface area (Å²) < 4.78 is 44.7. The zero-order valence-electron chi connectivity index (χ0n) is 15.7. The number of nitrogens with zero attached hydrogens (tertiary/aromatic N) is 2. The van der Waals surface area contributed by atoms with Gasteiger partial charge in [0.15, 0.2) is 6.61 Å². The van der Waals surface area contributed by atoms with Crippen LogP contribution in [0.15, 0.2) is 59.5 Å². The minimum Gasteiger partial charge on any atom is -0.455 e. The number of hydrogen-bond acceptors (Lipinski definition) is 5. The van der Waals surface area contributed by atoms with Gasteiger partial charge in [0.25, 0.3) is 5.91 Å². The van der Waals surface area contributed by atoms with E-state index in [1.54, 1.807) is 24.3 Å². The molecule has 0 atom stereocenters. The number of amides is 1. The highest BCUT2D eigenvalue weighted by molar-refractivity contribution is 7.89. The van der Waals surface area contributed by atoms with Crippen molar-refractivity contribution in [2.24, 2.45) is 0 Å². The van der Waals surface area contributed by atoms with Crippen LogP contribution in [0.5, 0.6) is 0 Å². The molecule has 1 aliphatic rings. The summed E-state index contributed by atoms with van der Waals surface area (Å²) in [4.78, 5) is 25.8. The molecule has 0 unspecified atom stereocenters. The van der Waals surface area contributed by atoms with Gasteiger partial charge >= 0.3 is 5.97 Å². The maximum Gasteiger partial charge on any atom is 0.310 e. The summed E-state index contributed by atoms with van der Waals surface area (Å²) in [5.41, 5.74) is 0.460. The van der Waals surface area contributed by atoms with E-state index in [-0.39, 0.29) is 37.5 Å². The lowest BCUT2D eigenvalue weighted by Gasteiger charge is -2.33. The number of ether oxygens (including phenoxy) is 1. The number of carbonyl (C=O) groups is 2. The van der Waals surface area contributed by atoms with Gasteiger partial charge < -0.3 is 9.64 Å². The highest BCUT2D eigenvalue weighted by Gasteiger charge is 2.30. The third kappa shape index (κ3) is 5.39. The fraction of sp³-hybridized carbons (Fsp3) is 0.300. The van der Waals surface area contributed by atoms with Crippen LogP contribution in [0.25, 0.3) is 0 Å². The van der Waals surface area contributed by atoms with Crippen LogP contribution in [-0.2, 0) is 30.8 Å². The second kappa shape index (κ2) is 9.15. The van der Waals surface area contributed by atoms with Crippen molar-refractivity contribution in [2.45, 2.75) is 11.3 Å². The van der Waals surface area contributed by atoms with Crippen molar-refractivity contribution in [2.75, 3.05) is 32.8 Å². The van der Waals surface area contributed by atoms with E-state index < -0.39 is 34.3 Å². The molecule has 0 saturated carbocycles. The van der Waals surface area contributed by atoms with Crippen LogP contribution in [0.1, 0.15) is 5.56 Å². The van der Waals surface area contributed by atoms with Gasteiger partial charge in [0.1, 0.15) is 5.82 Å². The number of carbonyl (C=O) groups excluding carboxylic acids is 2. The number of piperazine rings is 1. The molecule has 3 rings (SSSR count). The Balaban J connectivity index is 1.47.